The first kappa shape index (κ1) is 12.9. The first-order valence-electron chi connectivity index (χ1n) is 6.28. The molecular weight excluding hydrogens is 276 g/mol. The number of halogens is 1. The average molecular weight is 297 g/mol. The summed E-state index contributed by atoms with van der Waals surface area (Å²) in [6, 6.07) is 7.57. The molecule has 1 aromatic carbocycles. The monoisotopic (exact) mass is 296 g/mol. The van der Waals surface area contributed by atoms with E-state index >= 15 is 0 Å². The fourth-order valence-electron chi connectivity index (χ4n) is 2.64. The van der Waals surface area contributed by atoms with E-state index in [1.165, 1.54) is 15.7 Å². The van der Waals surface area contributed by atoms with E-state index in [9.17, 15) is 0 Å². The van der Waals surface area contributed by atoms with E-state index in [1.807, 2.05) is 7.05 Å². The molecule has 3 heteroatoms. The van der Waals surface area contributed by atoms with Crippen molar-refractivity contribution in [2.24, 2.45) is 0 Å². The Labute approximate surface area is 113 Å². The van der Waals surface area contributed by atoms with Crippen LogP contribution < -0.4 is 10.2 Å². The van der Waals surface area contributed by atoms with Crippen molar-refractivity contribution in [3.8, 4) is 0 Å². The average Bonchev–Trinajstić information content (AvgIpc) is 2.69. The summed E-state index contributed by atoms with van der Waals surface area (Å²) >= 11 is 3.71. The molecule has 0 fully saturated rings. The molecule has 2 atom stereocenters. The molecule has 1 heterocycles. The van der Waals surface area contributed by atoms with Crippen LogP contribution in [0.3, 0.4) is 0 Å². The highest BCUT2D eigenvalue weighted by molar-refractivity contribution is 9.10. The van der Waals surface area contributed by atoms with Crippen molar-refractivity contribution in [2.75, 3.05) is 18.5 Å². The van der Waals surface area contributed by atoms with Gasteiger partial charge in [0, 0.05) is 34.7 Å². The number of rotatable bonds is 3. The van der Waals surface area contributed by atoms with Gasteiger partial charge in [-0.05, 0) is 45.5 Å². The smallest absolute Gasteiger partial charge is 0.0416 e. The van der Waals surface area contributed by atoms with Crippen LogP contribution in [0.15, 0.2) is 22.7 Å². The van der Waals surface area contributed by atoms with Gasteiger partial charge < -0.3 is 10.2 Å². The highest BCUT2D eigenvalue weighted by atomic mass is 79.9. The Morgan fingerprint density at radius 2 is 2.06 bits per heavy atom. The van der Waals surface area contributed by atoms with Gasteiger partial charge in [0.05, 0.1) is 0 Å². The van der Waals surface area contributed by atoms with Crippen LogP contribution in [0, 0.1) is 0 Å². The summed E-state index contributed by atoms with van der Waals surface area (Å²) in [5.74, 6) is 0.563. The predicted octanol–water partition coefficient (Wildman–Crippen LogP) is 3.37. The summed E-state index contributed by atoms with van der Waals surface area (Å²) in [6.45, 7) is 7.89. The second-order valence-corrected chi connectivity index (χ2v) is 5.96. The van der Waals surface area contributed by atoms with Gasteiger partial charge in [0.25, 0.3) is 0 Å². The molecule has 0 spiro atoms. The molecule has 1 aliphatic rings. The van der Waals surface area contributed by atoms with Crippen LogP contribution >= 0.6 is 15.9 Å². The molecule has 17 heavy (non-hydrogen) atoms. The van der Waals surface area contributed by atoms with Crippen LogP contribution in [0.2, 0.25) is 0 Å². The van der Waals surface area contributed by atoms with Gasteiger partial charge in [-0.15, -0.1) is 0 Å². The fourth-order valence-corrected chi connectivity index (χ4v) is 3.29. The Morgan fingerprint density at radius 1 is 1.35 bits per heavy atom. The van der Waals surface area contributed by atoms with E-state index in [0.717, 1.165) is 6.54 Å². The van der Waals surface area contributed by atoms with Crippen molar-refractivity contribution >= 4 is 21.6 Å². The minimum atomic E-state index is 0.496. The normalized spacial score (nSPS) is 20.8. The van der Waals surface area contributed by atoms with Crippen LogP contribution in [0.1, 0.15) is 32.3 Å². The van der Waals surface area contributed by atoms with Crippen LogP contribution in [-0.4, -0.2) is 25.7 Å². The summed E-state index contributed by atoms with van der Waals surface area (Å²) in [6.07, 6.45) is 0. The van der Waals surface area contributed by atoms with E-state index in [0.29, 0.717) is 18.0 Å². The van der Waals surface area contributed by atoms with Crippen molar-refractivity contribution < 1.29 is 0 Å². The Kier molecular flexibility index (Phi) is 3.79. The van der Waals surface area contributed by atoms with E-state index in [4.69, 9.17) is 0 Å². The lowest BCUT2D eigenvalue weighted by atomic mass is 9.95. The van der Waals surface area contributed by atoms with Crippen molar-refractivity contribution in [3.63, 3.8) is 0 Å². The van der Waals surface area contributed by atoms with E-state index in [1.54, 1.807) is 0 Å². The molecule has 0 radical (unpaired) electrons. The minimum absolute atomic E-state index is 0.496. The molecule has 2 nitrogen and oxygen atoms in total. The quantitative estimate of drug-likeness (QED) is 0.920. The molecule has 0 saturated heterocycles. The first-order chi connectivity index (χ1) is 8.06. The largest absolute Gasteiger partial charge is 0.368 e. The molecular formula is C14H21BrN2. The number of hydrogen-bond donors (Lipinski definition) is 1. The maximum atomic E-state index is 3.71. The number of likely N-dealkylation sites (N-methyl/N-ethyl adjacent to an activating group) is 1. The molecule has 0 amide bonds. The molecule has 1 aromatic rings. The number of benzene rings is 1. The number of fused-ring (bicyclic) bond motifs is 1. The Balaban J connectivity index is 2.45. The van der Waals surface area contributed by atoms with Gasteiger partial charge in [-0.25, -0.2) is 0 Å². The molecule has 0 saturated carbocycles. The maximum Gasteiger partial charge on any atom is 0.0416 e. The lowest BCUT2D eigenvalue weighted by Gasteiger charge is -2.25. The summed E-state index contributed by atoms with van der Waals surface area (Å²) in [4.78, 5) is 2.50. The third-order valence-corrected chi connectivity index (χ3v) is 4.48. The first-order valence-corrected chi connectivity index (χ1v) is 7.08. The molecule has 1 aliphatic heterocycles. The van der Waals surface area contributed by atoms with Gasteiger partial charge in [-0.3, -0.25) is 0 Å². The summed E-state index contributed by atoms with van der Waals surface area (Å²) < 4.78 is 1.24. The number of hydrogen-bond acceptors (Lipinski definition) is 2. The third-order valence-electron chi connectivity index (χ3n) is 3.79. The highest BCUT2D eigenvalue weighted by Crippen LogP contribution is 2.43. The lowest BCUT2D eigenvalue weighted by Crippen LogP contribution is -2.35. The van der Waals surface area contributed by atoms with Crippen molar-refractivity contribution in [3.05, 3.63) is 28.2 Å². The predicted molar refractivity (Wildman–Crippen MR) is 77.9 cm³/mol. The standard InChI is InChI=1S/C14H21BrN2/c1-9(2)17-8-11(10(3)16-4)14-12(15)6-5-7-13(14)17/h5-7,9-11,16H,8H2,1-4H3. The van der Waals surface area contributed by atoms with Gasteiger partial charge >= 0.3 is 0 Å². The zero-order chi connectivity index (χ0) is 12.6. The van der Waals surface area contributed by atoms with E-state index in [-0.39, 0.29) is 0 Å². The zero-order valence-corrected chi connectivity index (χ0v) is 12.6. The number of nitrogens with zero attached hydrogens (tertiary/aromatic N) is 1. The molecule has 0 aromatic heterocycles. The van der Waals surface area contributed by atoms with Crippen molar-refractivity contribution in [1.82, 2.24) is 5.32 Å². The van der Waals surface area contributed by atoms with Gasteiger partial charge in [0.15, 0.2) is 0 Å². The van der Waals surface area contributed by atoms with E-state index in [2.05, 4.69) is 65.1 Å². The molecule has 94 valence electrons. The molecule has 1 N–H and O–H groups in total. The lowest BCUT2D eigenvalue weighted by molar-refractivity contribution is 0.499. The Hall–Kier alpha value is -0.540. The molecule has 2 unspecified atom stereocenters. The summed E-state index contributed by atoms with van der Waals surface area (Å²) in [5.41, 5.74) is 2.85. The number of nitrogens with one attached hydrogen (secondary N) is 1. The SMILES string of the molecule is CNC(C)C1CN(C(C)C)c2cccc(Br)c21. The minimum Gasteiger partial charge on any atom is -0.368 e. The van der Waals surface area contributed by atoms with Crippen molar-refractivity contribution in [2.45, 2.75) is 38.8 Å². The van der Waals surface area contributed by atoms with Crippen LogP contribution in [0.5, 0.6) is 0 Å². The third kappa shape index (κ3) is 2.23. The van der Waals surface area contributed by atoms with Gasteiger partial charge in [-0.1, -0.05) is 22.0 Å². The van der Waals surface area contributed by atoms with E-state index < -0.39 is 0 Å². The highest BCUT2D eigenvalue weighted by Gasteiger charge is 2.34. The summed E-state index contributed by atoms with van der Waals surface area (Å²) in [7, 11) is 2.04. The fraction of sp³-hybridized carbons (Fsp3) is 0.571. The zero-order valence-electron chi connectivity index (χ0n) is 11.0. The number of anilines is 1. The second kappa shape index (κ2) is 4.99. The van der Waals surface area contributed by atoms with Crippen LogP contribution in [0.25, 0.3) is 0 Å². The van der Waals surface area contributed by atoms with Gasteiger partial charge in [0.1, 0.15) is 0 Å². The summed E-state index contributed by atoms with van der Waals surface area (Å²) in [5, 5.41) is 3.39. The molecule has 2 rings (SSSR count). The van der Waals surface area contributed by atoms with Crippen LogP contribution in [0.4, 0.5) is 5.69 Å². The molecule has 0 bridgehead atoms. The van der Waals surface area contributed by atoms with Gasteiger partial charge in [-0.2, -0.15) is 0 Å². The second-order valence-electron chi connectivity index (χ2n) is 5.10. The van der Waals surface area contributed by atoms with Gasteiger partial charge in [0.2, 0.25) is 0 Å². The van der Waals surface area contributed by atoms with Crippen LogP contribution in [-0.2, 0) is 0 Å². The Morgan fingerprint density at radius 3 is 2.65 bits per heavy atom. The topological polar surface area (TPSA) is 15.3 Å². The molecule has 0 aliphatic carbocycles. The Bertz CT molecular complexity index is 403. The van der Waals surface area contributed by atoms with Crippen molar-refractivity contribution in [1.29, 1.82) is 0 Å². The maximum absolute atomic E-state index is 3.71.